The maximum absolute atomic E-state index is 12.1. The molecule has 0 aliphatic rings. The summed E-state index contributed by atoms with van der Waals surface area (Å²) < 4.78 is 36.2. The Morgan fingerprint density at radius 3 is 2.39 bits per heavy atom. The molecule has 0 saturated carbocycles. The van der Waals surface area contributed by atoms with Gasteiger partial charge < -0.3 is 20.6 Å². The molecule has 0 aliphatic heterocycles. The fourth-order valence-corrected chi connectivity index (χ4v) is 1.41. The fraction of sp³-hybridized carbons (Fsp3) is 0.455. The molecule has 7 heteroatoms. The van der Waals surface area contributed by atoms with Crippen LogP contribution in [-0.4, -0.2) is 34.1 Å². The van der Waals surface area contributed by atoms with E-state index < -0.39 is 24.9 Å². The Kier molecular flexibility index (Phi) is 4.42. The van der Waals surface area contributed by atoms with Crippen LogP contribution in [-0.2, 0) is 0 Å². The lowest BCUT2D eigenvalue weighted by molar-refractivity contribution is -0.202. The summed E-state index contributed by atoms with van der Waals surface area (Å²) >= 11 is 0. The zero-order valence-electron chi connectivity index (χ0n) is 9.57. The second kappa shape index (κ2) is 5.45. The zero-order valence-corrected chi connectivity index (χ0v) is 9.57. The van der Waals surface area contributed by atoms with Gasteiger partial charge in [0, 0.05) is 24.2 Å². The molecule has 0 fully saturated rings. The molecule has 102 valence electrons. The zero-order chi connectivity index (χ0) is 13.9. The van der Waals surface area contributed by atoms with Crippen molar-refractivity contribution in [3.8, 4) is 11.5 Å². The average Bonchev–Trinajstić information content (AvgIpc) is 2.24. The second-order valence-electron chi connectivity index (χ2n) is 3.93. The molecule has 18 heavy (non-hydrogen) atoms. The highest BCUT2D eigenvalue weighted by molar-refractivity contribution is 5.40. The highest BCUT2D eigenvalue weighted by atomic mass is 19.4. The van der Waals surface area contributed by atoms with E-state index in [0.29, 0.717) is 5.56 Å². The predicted molar refractivity (Wildman–Crippen MR) is 58.3 cm³/mol. The van der Waals surface area contributed by atoms with Crippen molar-refractivity contribution in [2.24, 2.45) is 0 Å². The smallest absolute Gasteiger partial charge is 0.415 e. The van der Waals surface area contributed by atoms with Crippen molar-refractivity contribution < 1.29 is 28.5 Å². The highest BCUT2D eigenvalue weighted by Crippen LogP contribution is 2.28. The maximum Gasteiger partial charge on any atom is 0.415 e. The number of phenols is 2. The molecule has 0 bridgehead atoms. The third kappa shape index (κ3) is 3.78. The van der Waals surface area contributed by atoms with Crippen LogP contribution in [0.3, 0.4) is 0 Å². The Morgan fingerprint density at radius 1 is 1.28 bits per heavy atom. The van der Waals surface area contributed by atoms with E-state index in [1.165, 1.54) is 19.1 Å². The monoisotopic (exact) mass is 265 g/mol. The molecule has 1 aromatic carbocycles. The lowest BCUT2D eigenvalue weighted by Crippen LogP contribution is -2.39. The van der Waals surface area contributed by atoms with Crippen molar-refractivity contribution in [1.29, 1.82) is 0 Å². The summed E-state index contributed by atoms with van der Waals surface area (Å²) in [6.45, 7) is 0.861. The van der Waals surface area contributed by atoms with Crippen molar-refractivity contribution >= 4 is 0 Å². The van der Waals surface area contributed by atoms with E-state index >= 15 is 0 Å². The van der Waals surface area contributed by atoms with Crippen LogP contribution in [0.25, 0.3) is 0 Å². The first kappa shape index (κ1) is 14.6. The topological polar surface area (TPSA) is 72.7 Å². The van der Waals surface area contributed by atoms with Crippen molar-refractivity contribution in [1.82, 2.24) is 5.32 Å². The molecule has 0 saturated heterocycles. The number of halogens is 3. The van der Waals surface area contributed by atoms with Crippen LogP contribution in [0, 0.1) is 0 Å². The third-order valence-electron chi connectivity index (χ3n) is 2.48. The molecule has 2 atom stereocenters. The molecule has 0 spiro atoms. The summed E-state index contributed by atoms with van der Waals surface area (Å²) in [7, 11) is 0. The Morgan fingerprint density at radius 2 is 1.89 bits per heavy atom. The van der Waals surface area contributed by atoms with Gasteiger partial charge in [0.05, 0.1) is 0 Å². The van der Waals surface area contributed by atoms with Gasteiger partial charge in [0.1, 0.15) is 11.5 Å². The number of aliphatic hydroxyl groups is 1. The van der Waals surface area contributed by atoms with Gasteiger partial charge in [-0.05, 0) is 13.0 Å². The summed E-state index contributed by atoms with van der Waals surface area (Å²) in [6, 6.07) is 3.20. The van der Waals surface area contributed by atoms with Gasteiger partial charge in [-0.3, -0.25) is 0 Å². The van der Waals surface area contributed by atoms with Gasteiger partial charge in [-0.1, -0.05) is 6.07 Å². The summed E-state index contributed by atoms with van der Waals surface area (Å²) in [5.41, 5.74) is 0.335. The second-order valence-corrected chi connectivity index (χ2v) is 3.93. The summed E-state index contributed by atoms with van der Waals surface area (Å²) in [5, 5.41) is 29.8. The van der Waals surface area contributed by atoms with Gasteiger partial charge in [-0.25, -0.2) is 0 Å². The van der Waals surface area contributed by atoms with Gasteiger partial charge in [0.15, 0.2) is 6.10 Å². The first-order valence-electron chi connectivity index (χ1n) is 5.22. The number of rotatable bonds is 4. The minimum absolute atomic E-state index is 0.140. The van der Waals surface area contributed by atoms with Gasteiger partial charge >= 0.3 is 6.18 Å². The van der Waals surface area contributed by atoms with E-state index in [1.54, 1.807) is 0 Å². The summed E-state index contributed by atoms with van der Waals surface area (Å²) in [5.74, 6) is -0.365. The van der Waals surface area contributed by atoms with Crippen molar-refractivity contribution in [3.05, 3.63) is 23.8 Å². The molecule has 0 radical (unpaired) electrons. The maximum atomic E-state index is 12.1. The highest BCUT2D eigenvalue weighted by Gasteiger charge is 2.38. The molecule has 1 rings (SSSR count). The van der Waals surface area contributed by atoms with Crippen LogP contribution >= 0.6 is 0 Å². The molecule has 4 N–H and O–H groups in total. The number of benzene rings is 1. The Bertz CT molecular complexity index is 409. The van der Waals surface area contributed by atoms with Crippen LogP contribution in [0.4, 0.5) is 13.2 Å². The first-order valence-corrected chi connectivity index (χ1v) is 5.22. The van der Waals surface area contributed by atoms with Gasteiger partial charge in [-0.2, -0.15) is 13.2 Å². The number of hydrogen-bond acceptors (Lipinski definition) is 4. The van der Waals surface area contributed by atoms with Gasteiger partial charge in [-0.15, -0.1) is 0 Å². The molecule has 0 heterocycles. The third-order valence-corrected chi connectivity index (χ3v) is 2.48. The average molecular weight is 265 g/mol. The predicted octanol–water partition coefficient (Wildman–Crippen LogP) is 1.67. The Hall–Kier alpha value is -1.47. The molecule has 0 amide bonds. The Balaban J connectivity index is 2.63. The number of hydrogen-bond donors (Lipinski definition) is 4. The Labute approximate surface area is 102 Å². The van der Waals surface area contributed by atoms with E-state index in [9.17, 15) is 18.3 Å². The van der Waals surface area contributed by atoms with Gasteiger partial charge in [0.25, 0.3) is 0 Å². The fourth-order valence-electron chi connectivity index (χ4n) is 1.41. The first-order chi connectivity index (χ1) is 8.21. The van der Waals surface area contributed by atoms with E-state index in [0.717, 1.165) is 6.07 Å². The quantitative estimate of drug-likeness (QED) is 0.668. The number of phenolic OH excluding ortho intramolecular Hbond substituents is 2. The van der Waals surface area contributed by atoms with Crippen LogP contribution in [0.2, 0.25) is 0 Å². The summed E-state index contributed by atoms with van der Waals surface area (Å²) in [6.07, 6.45) is -7.14. The minimum Gasteiger partial charge on any atom is -0.508 e. The van der Waals surface area contributed by atoms with Crippen LogP contribution < -0.4 is 5.32 Å². The molecule has 4 nitrogen and oxygen atoms in total. The number of aromatic hydroxyl groups is 2. The SMILES string of the molecule is CC(NCC(O)C(F)(F)F)c1ccc(O)cc1O. The molecular weight excluding hydrogens is 251 g/mol. The molecule has 0 aliphatic carbocycles. The molecular formula is C11H14F3NO3. The lowest BCUT2D eigenvalue weighted by atomic mass is 10.1. The van der Waals surface area contributed by atoms with E-state index in [2.05, 4.69) is 5.32 Å². The van der Waals surface area contributed by atoms with E-state index in [-0.39, 0.29) is 11.5 Å². The van der Waals surface area contributed by atoms with Crippen LogP contribution in [0.1, 0.15) is 18.5 Å². The van der Waals surface area contributed by atoms with E-state index in [1.807, 2.05) is 0 Å². The lowest BCUT2D eigenvalue weighted by Gasteiger charge is -2.19. The standard InChI is InChI=1S/C11H14F3NO3/c1-6(15-5-10(18)11(12,13)14)8-3-2-7(16)4-9(8)17/h2-4,6,10,15-18H,5H2,1H3. The van der Waals surface area contributed by atoms with Crippen LogP contribution in [0.15, 0.2) is 18.2 Å². The van der Waals surface area contributed by atoms with Crippen molar-refractivity contribution in [2.45, 2.75) is 25.2 Å². The summed E-state index contributed by atoms with van der Waals surface area (Å²) in [4.78, 5) is 0. The largest absolute Gasteiger partial charge is 0.508 e. The number of alkyl halides is 3. The minimum atomic E-state index is -4.68. The van der Waals surface area contributed by atoms with Crippen molar-refractivity contribution in [2.75, 3.05) is 6.54 Å². The number of aliphatic hydroxyl groups excluding tert-OH is 1. The van der Waals surface area contributed by atoms with E-state index in [4.69, 9.17) is 10.2 Å². The van der Waals surface area contributed by atoms with Gasteiger partial charge in [0.2, 0.25) is 0 Å². The normalized spacial score (nSPS) is 15.4. The molecule has 1 aromatic rings. The molecule has 2 unspecified atom stereocenters. The van der Waals surface area contributed by atoms with Crippen LogP contribution in [0.5, 0.6) is 11.5 Å². The van der Waals surface area contributed by atoms with Crippen molar-refractivity contribution in [3.63, 3.8) is 0 Å². The molecule has 0 aromatic heterocycles. The number of nitrogens with one attached hydrogen (secondary N) is 1.